The van der Waals surface area contributed by atoms with Gasteiger partial charge in [0.2, 0.25) is 5.91 Å². The molecule has 2 atom stereocenters. The zero-order chi connectivity index (χ0) is 19.9. The summed E-state index contributed by atoms with van der Waals surface area (Å²) in [6, 6.07) is 10.6. The van der Waals surface area contributed by atoms with Gasteiger partial charge >= 0.3 is 0 Å². The van der Waals surface area contributed by atoms with Gasteiger partial charge in [-0.2, -0.15) is 0 Å². The maximum absolute atomic E-state index is 15.1. The molecule has 2 spiro atoms. The van der Waals surface area contributed by atoms with Gasteiger partial charge in [0.05, 0.1) is 5.02 Å². The molecule has 2 aliphatic heterocycles. The van der Waals surface area contributed by atoms with Crippen LogP contribution in [0.2, 0.25) is 10.0 Å². The number of carbonyl (C=O) groups excluding carboxylic acids is 1. The fourth-order valence-corrected chi connectivity index (χ4v) is 6.52. The fourth-order valence-electron chi connectivity index (χ4n) is 6.17. The van der Waals surface area contributed by atoms with Crippen molar-refractivity contribution in [3.63, 3.8) is 0 Å². The summed E-state index contributed by atoms with van der Waals surface area (Å²) in [5, 5.41) is 7.32. The topological polar surface area (TPSA) is 41.1 Å². The van der Waals surface area contributed by atoms with Crippen LogP contribution >= 0.6 is 23.2 Å². The van der Waals surface area contributed by atoms with E-state index in [2.05, 4.69) is 24.5 Å². The highest BCUT2D eigenvalue weighted by Gasteiger charge is 2.73. The first kappa shape index (κ1) is 18.4. The summed E-state index contributed by atoms with van der Waals surface area (Å²) >= 11 is 12.3. The van der Waals surface area contributed by atoms with Crippen LogP contribution in [-0.2, 0) is 10.2 Å². The minimum atomic E-state index is -0.895. The first-order valence-corrected chi connectivity index (χ1v) is 10.3. The predicted octanol–water partition coefficient (Wildman–Crippen LogP) is 5.27. The van der Waals surface area contributed by atoms with Crippen molar-refractivity contribution < 1.29 is 9.18 Å². The SMILES string of the molecule is CC1(C)CC2(C1)NCC(c1cccc(Cl)c1F)[C@]21C(=O)Nc2cc(Cl)ccc21. The molecule has 1 amide bonds. The molecule has 2 fully saturated rings. The number of carbonyl (C=O) groups is 1. The van der Waals surface area contributed by atoms with E-state index in [1.165, 1.54) is 0 Å². The predicted molar refractivity (Wildman–Crippen MR) is 110 cm³/mol. The Hall–Kier alpha value is -1.62. The van der Waals surface area contributed by atoms with Gasteiger partial charge in [-0.15, -0.1) is 0 Å². The smallest absolute Gasteiger partial charge is 0.237 e. The Morgan fingerprint density at radius 1 is 1.14 bits per heavy atom. The van der Waals surface area contributed by atoms with Gasteiger partial charge in [0.1, 0.15) is 11.2 Å². The zero-order valence-corrected chi connectivity index (χ0v) is 17.2. The van der Waals surface area contributed by atoms with Crippen LogP contribution in [0.1, 0.15) is 43.7 Å². The first-order valence-electron chi connectivity index (χ1n) is 9.51. The van der Waals surface area contributed by atoms with Crippen molar-refractivity contribution in [2.75, 3.05) is 11.9 Å². The summed E-state index contributed by atoms with van der Waals surface area (Å²) < 4.78 is 15.1. The monoisotopic (exact) mass is 418 g/mol. The molecule has 3 aliphatic rings. The van der Waals surface area contributed by atoms with Gasteiger partial charge in [-0.1, -0.05) is 55.2 Å². The van der Waals surface area contributed by atoms with Gasteiger partial charge in [0.15, 0.2) is 0 Å². The van der Waals surface area contributed by atoms with Crippen molar-refractivity contribution in [3.05, 3.63) is 63.4 Å². The van der Waals surface area contributed by atoms with Crippen molar-refractivity contribution in [1.29, 1.82) is 0 Å². The Bertz CT molecular complexity index is 1010. The van der Waals surface area contributed by atoms with Gasteiger partial charge in [-0.05, 0) is 47.6 Å². The summed E-state index contributed by atoms with van der Waals surface area (Å²) in [4.78, 5) is 13.6. The second-order valence-corrected chi connectivity index (χ2v) is 9.97. The van der Waals surface area contributed by atoms with Crippen LogP contribution in [-0.4, -0.2) is 18.0 Å². The lowest BCUT2D eigenvalue weighted by atomic mass is 9.46. The molecule has 0 bridgehead atoms. The number of benzene rings is 2. The zero-order valence-electron chi connectivity index (χ0n) is 15.7. The van der Waals surface area contributed by atoms with E-state index in [1.54, 1.807) is 24.3 Å². The first-order chi connectivity index (χ1) is 13.2. The maximum Gasteiger partial charge on any atom is 0.237 e. The van der Waals surface area contributed by atoms with E-state index in [-0.39, 0.29) is 22.3 Å². The lowest BCUT2D eigenvalue weighted by Crippen LogP contribution is -2.68. The third-order valence-electron chi connectivity index (χ3n) is 6.85. The number of halogens is 3. The molecule has 2 aromatic carbocycles. The Kier molecular flexibility index (Phi) is 3.76. The third kappa shape index (κ3) is 2.17. The highest BCUT2D eigenvalue weighted by Crippen LogP contribution is 2.66. The van der Waals surface area contributed by atoms with Crippen molar-refractivity contribution in [2.24, 2.45) is 5.41 Å². The lowest BCUT2D eigenvalue weighted by Gasteiger charge is -2.58. The molecule has 1 aliphatic carbocycles. The van der Waals surface area contributed by atoms with Gasteiger partial charge in [0, 0.05) is 28.7 Å². The van der Waals surface area contributed by atoms with Crippen molar-refractivity contribution in [3.8, 4) is 0 Å². The highest BCUT2D eigenvalue weighted by molar-refractivity contribution is 6.31. The molecule has 146 valence electrons. The summed E-state index contributed by atoms with van der Waals surface area (Å²) in [6.07, 6.45) is 1.68. The molecule has 28 heavy (non-hydrogen) atoms. The van der Waals surface area contributed by atoms with Crippen LogP contribution < -0.4 is 10.6 Å². The second kappa shape index (κ2) is 5.71. The van der Waals surface area contributed by atoms with Gasteiger partial charge in [0.25, 0.3) is 0 Å². The number of fused-ring (bicyclic) bond motifs is 3. The van der Waals surface area contributed by atoms with E-state index in [1.807, 2.05) is 12.1 Å². The molecule has 2 N–H and O–H groups in total. The Balaban J connectivity index is 1.77. The van der Waals surface area contributed by atoms with Gasteiger partial charge in [-0.3, -0.25) is 4.79 Å². The minimum absolute atomic E-state index is 0.0808. The number of rotatable bonds is 1. The summed E-state index contributed by atoms with van der Waals surface area (Å²) in [5.41, 5.74) is 0.911. The number of anilines is 1. The quantitative estimate of drug-likeness (QED) is 0.662. The van der Waals surface area contributed by atoms with E-state index in [0.29, 0.717) is 17.1 Å². The molecule has 1 saturated carbocycles. The van der Waals surface area contributed by atoms with E-state index in [9.17, 15) is 4.79 Å². The van der Waals surface area contributed by atoms with E-state index in [4.69, 9.17) is 23.2 Å². The van der Waals surface area contributed by atoms with E-state index in [0.717, 1.165) is 24.1 Å². The Morgan fingerprint density at radius 3 is 2.61 bits per heavy atom. The molecule has 0 radical (unpaired) electrons. The lowest BCUT2D eigenvalue weighted by molar-refractivity contribution is -0.128. The summed E-state index contributed by atoms with van der Waals surface area (Å²) in [5.74, 6) is -0.888. The molecular weight excluding hydrogens is 398 g/mol. The molecule has 1 unspecified atom stereocenters. The molecular formula is C22H21Cl2FN2O. The molecule has 2 aromatic rings. The highest BCUT2D eigenvalue weighted by atomic mass is 35.5. The van der Waals surface area contributed by atoms with Crippen LogP contribution in [0.3, 0.4) is 0 Å². The molecule has 3 nitrogen and oxygen atoms in total. The summed E-state index contributed by atoms with van der Waals surface area (Å²) in [6.45, 7) is 4.93. The average Bonchev–Trinajstić information content (AvgIpc) is 3.07. The Morgan fingerprint density at radius 2 is 1.89 bits per heavy atom. The number of hydrogen-bond donors (Lipinski definition) is 2. The van der Waals surface area contributed by atoms with Crippen LogP contribution in [0.15, 0.2) is 36.4 Å². The van der Waals surface area contributed by atoms with Gasteiger partial charge in [-0.25, -0.2) is 4.39 Å². The van der Waals surface area contributed by atoms with Crippen molar-refractivity contribution in [1.82, 2.24) is 5.32 Å². The average molecular weight is 419 g/mol. The van der Waals surface area contributed by atoms with E-state index >= 15 is 4.39 Å². The molecule has 1 saturated heterocycles. The Labute approximate surface area is 173 Å². The van der Waals surface area contributed by atoms with Crippen LogP contribution in [0.25, 0.3) is 0 Å². The third-order valence-corrected chi connectivity index (χ3v) is 7.38. The van der Waals surface area contributed by atoms with Crippen LogP contribution in [0, 0.1) is 11.2 Å². The standard InChI is InChI=1S/C22H21Cl2FN2O/c1-20(2)10-21(11-20)22(14-7-6-12(23)8-17(14)27-19(22)28)15(9-26-21)13-4-3-5-16(24)18(13)25/h3-8,15,26H,9-11H2,1-2H3,(H,27,28)/t15?,22-/m1/s1. The molecule has 5 rings (SSSR count). The molecule has 0 aromatic heterocycles. The number of amides is 1. The molecule has 6 heteroatoms. The van der Waals surface area contributed by atoms with Crippen molar-refractivity contribution in [2.45, 2.75) is 43.6 Å². The number of nitrogens with one attached hydrogen (secondary N) is 2. The van der Waals surface area contributed by atoms with Crippen LogP contribution in [0.4, 0.5) is 10.1 Å². The van der Waals surface area contributed by atoms with Crippen molar-refractivity contribution >= 4 is 34.8 Å². The normalized spacial score (nSPS) is 29.0. The summed E-state index contributed by atoms with van der Waals surface area (Å²) in [7, 11) is 0. The largest absolute Gasteiger partial charge is 0.325 e. The fraction of sp³-hybridized carbons (Fsp3) is 0.409. The minimum Gasteiger partial charge on any atom is -0.325 e. The van der Waals surface area contributed by atoms with Crippen LogP contribution in [0.5, 0.6) is 0 Å². The molecule has 2 heterocycles. The second-order valence-electron chi connectivity index (χ2n) is 9.13. The van der Waals surface area contributed by atoms with E-state index < -0.39 is 16.8 Å². The van der Waals surface area contributed by atoms with Gasteiger partial charge < -0.3 is 10.6 Å². The maximum atomic E-state index is 15.1. The number of hydrogen-bond acceptors (Lipinski definition) is 2.